The molecule has 14 heteroatoms. The number of hydrogen-bond acceptors (Lipinski definition) is 8. The normalized spacial score (nSPS) is 15.7. The maximum Gasteiger partial charge on any atom is 0.490 e. The van der Waals surface area contributed by atoms with Crippen molar-refractivity contribution >= 4 is 22.0 Å². The molecule has 0 aromatic heterocycles. The predicted octanol–water partition coefficient (Wildman–Crippen LogP) is 2.38. The molecule has 1 fully saturated rings. The Bertz CT molecular complexity index is 1250. The van der Waals surface area contributed by atoms with Crippen LogP contribution in [-0.4, -0.2) is 62.6 Å². The summed E-state index contributed by atoms with van der Waals surface area (Å²) in [7, 11) is -3.56. The molecule has 38 heavy (non-hydrogen) atoms. The van der Waals surface area contributed by atoms with Crippen LogP contribution in [0, 0.1) is 11.3 Å². The summed E-state index contributed by atoms with van der Waals surface area (Å²) in [5, 5.41) is 19.4. The van der Waals surface area contributed by atoms with Crippen LogP contribution in [0.4, 0.5) is 13.2 Å². The number of hydrogen-bond donors (Lipinski definition) is 3. The summed E-state index contributed by atoms with van der Waals surface area (Å²) in [6.45, 7) is 0.869. The fourth-order valence-electron chi connectivity index (χ4n) is 3.34. The Hall–Kier alpha value is -3.67. The van der Waals surface area contributed by atoms with Crippen LogP contribution in [0.2, 0.25) is 0 Å². The van der Waals surface area contributed by atoms with Crippen LogP contribution in [0.25, 0.3) is 11.1 Å². The van der Waals surface area contributed by atoms with Crippen molar-refractivity contribution < 1.29 is 45.2 Å². The van der Waals surface area contributed by atoms with Gasteiger partial charge >= 0.3 is 22.3 Å². The van der Waals surface area contributed by atoms with Gasteiger partial charge in [0.25, 0.3) is 0 Å². The van der Waals surface area contributed by atoms with Gasteiger partial charge in [0.1, 0.15) is 11.8 Å². The van der Waals surface area contributed by atoms with E-state index >= 15 is 0 Å². The lowest BCUT2D eigenvalue weighted by molar-refractivity contribution is -0.192. The highest BCUT2D eigenvalue weighted by atomic mass is 32.2. The summed E-state index contributed by atoms with van der Waals surface area (Å²) < 4.78 is 64.2. The summed E-state index contributed by atoms with van der Waals surface area (Å²) in [6, 6.07) is 15.7. The second-order valence-electron chi connectivity index (χ2n) is 8.44. The number of carboxylic acid groups (broad SMARTS) is 1. The molecule has 1 saturated heterocycles. The molecule has 1 amide bonds. The summed E-state index contributed by atoms with van der Waals surface area (Å²) in [4.78, 5) is 21.4. The van der Waals surface area contributed by atoms with Gasteiger partial charge in [0.2, 0.25) is 5.91 Å². The van der Waals surface area contributed by atoms with Crippen LogP contribution >= 0.6 is 0 Å². The fourth-order valence-corrected chi connectivity index (χ4v) is 3.80. The number of carboxylic acids is 1. The fraction of sp³-hybridized carbons (Fsp3) is 0.375. The summed E-state index contributed by atoms with van der Waals surface area (Å²) >= 11 is 0. The number of benzene rings is 2. The molecule has 4 N–H and O–H groups in total. The van der Waals surface area contributed by atoms with Gasteiger partial charge in [-0.3, -0.25) is 4.79 Å². The van der Waals surface area contributed by atoms with Crippen molar-refractivity contribution in [2.24, 2.45) is 5.73 Å². The summed E-state index contributed by atoms with van der Waals surface area (Å²) in [5.74, 6) is -2.83. The molecule has 1 heterocycles. The maximum absolute atomic E-state index is 12.5. The number of nitrogens with two attached hydrogens (primary N) is 1. The number of carbonyl (C=O) groups is 2. The number of alkyl halides is 3. The van der Waals surface area contributed by atoms with Crippen LogP contribution in [0.3, 0.4) is 0 Å². The van der Waals surface area contributed by atoms with Crippen molar-refractivity contribution in [1.82, 2.24) is 5.32 Å². The van der Waals surface area contributed by atoms with Gasteiger partial charge in [-0.05, 0) is 41.7 Å². The number of carbonyl (C=O) groups excluding carboxylic acids is 1. The summed E-state index contributed by atoms with van der Waals surface area (Å²) in [5.41, 5.74) is 7.90. The average Bonchev–Trinajstić information content (AvgIpc) is 2.84. The van der Waals surface area contributed by atoms with Gasteiger partial charge < -0.3 is 25.1 Å². The van der Waals surface area contributed by atoms with E-state index in [1.165, 1.54) is 0 Å². The molecule has 1 aliphatic rings. The molecule has 206 valence electrons. The Morgan fingerprint density at radius 3 is 2.03 bits per heavy atom. The third kappa shape index (κ3) is 9.66. The third-order valence-electron chi connectivity index (χ3n) is 5.37. The van der Waals surface area contributed by atoms with Crippen molar-refractivity contribution in [3.8, 4) is 22.9 Å². The molecule has 0 bridgehead atoms. The lowest BCUT2D eigenvalue weighted by Gasteiger charge is -2.32. The summed E-state index contributed by atoms with van der Waals surface area (Å²) in [6.07, 6.45) is -2.87. The molecule has 10 nitrogen and oxygen atoms in total. The number of aliphatic carboxylic acids is 1. The van der Waals surface area contributed by atoms with Gasteiger partial charge in [-0.2, -0.15) is 26.9 Å². The minimum Gasteiger partial charge on any atom is -0.475 e. The Kier molecular flexibility index (Phi) is 10.2. The molecule has 2 aromatic rings. The lowest BCUT2D eigenvalue weighted by Crippen LogP contribution is -2.58. The van der Waals surface area contributed by atoms with Gasteiger partial charge in [-0.25, -0.2) is 4.79 Å². The van der Waals surface area contributed by atoms with Gasteiger partial charge in [0.15, 0.2) is 0 Å². The molecule has 0 radical (unpaired) electrons. The second-order valence-corrected chi connectivity index (χ2v) is 10.0. The second kappa shape index (κ2) is 12.7. The largest absolute Gasteiger partial charge is 0.490 e. The average molecular weight is 558 g/mol. The molecule has 2 aromatic carbocycles. The first-order valence-corrected chi connectivity index (χ1v) is 12.9. The minimum absolute atomic E-state index is 0.248. The van der Waals surface area contributed by atoms with Crippen LogP contribution in [0.5, 0.6) is 5.75 Å². The maximum atomic E-state index is 12.5. The Morgan fingerprint density at radius 2 is 1.61 bits per heavy atom. The zero-order valence-corrected chi connectivity index (χ0v) is 21.0. The third-order valence-corrected chi connectivity index (χ3v) is 5.87. The molecule has 0 saturated carbocycles. The number of nitriles is 1. The highest BCUT2D eigenvalue weighted by Crippen LogP contribution is 2.24. The van der Waals surface area contributed by atoms with E-state index in [1.807, 2.05) is 24.3 Å². The van der Waals surface area contributed by atoms with Crippen molar-refractivity contribution in [1.29, 1.82) is 5.26 Å². The topological polar surface area (TPSA) is 169 Å². The number of halogens is 3. The van der Waals surface area contributed by atoms with Crippen LogP contribution in [0.1, 0.15) is 18.4 Å². The smallest absolute Gasteiger partial charge is 0.475 e. The number of nitrogens with one attached hydrogen (secondary N) is 1. The SMILES string of the molecule is CS(=O)(=O)Oc1ccc(-c2ccc(C[C@@H](C#N)NC(=O)C3(N)CCOCC3)cc2)cc1.O=C(O)C(F)(F)F. The standard InChI is InChI=1S/C22H25N3O5S.C2HF3O2/c1-31(27,28)30-20-8-6-18(7-9-20)17-4-2-16(3-5-17)14-19(15-23)25-21(26)22(24)10-12-29-13-11-22;3-2(4,5)1(6)7/h2-9,19H,10-14,24H2,1H3,(H,25,26);(H,6,7)/t19-;/m0./s1. The lowest BCUT2D eigenvalue weighted by atomic mass is 9.90. The first kappa shape index (κ1) is 30.6. The van der Waals surface area contributed by atoms with E-state index in [-0.39, 0.29) is 11.7 Å². The van der Waals surface area contributed by atoms with Crippen LogP contribution in [-0.2, 0) is 30.9 Å². The van der Waals surface area contributed by atoms with Gasteiger partial charge in [-0.1, -0.05) is 36.4 Å². The van der Waals surface area contributed by atoms with Crippen molar-refractivity contribution in [3.63, 3.8) is 0 Å². The van der Waals surface area contributed by atoms with E-state index in [0.29, 0.717) is 32.5 Å². The van der Waals surface area contributed by atoms with Crippen molar-refractivity contribution in [2.75, 3.05) is 19.5 Å². The highest BCUT2D eigenvalue weighted by molar-refractivity contribution is 7.86. The van der Waals surface area contributed by atoms with E-state index in [9.17, 15) is 31.6 Å². The molecule has 0 aliphatic carbocycles. The van der Waals surface area contributed by atoms with E-state index in [0.717, 1.165) is 22.9 Å². The Balaban J connectivity index is 0.000000638. The van der Waals surface area contributed by atoms with E-state index in [4.69, 9.17) is 24.6 Å². The number of rotatable bonds is 7. The molecule has 1 atom stereocenters. The van der Waals surface area contributed by atoms with E-state index < -0.39 is 33.8 Å². The van der Waals surface area contributed by atoms with Gasteiger partial charge in [0, 0.05) is 19.6 Å². The molecular formula is C24H26F3N3O7S. The number of amides is 1. The van der Waals surface area contributed by atoms with E-state index in [2.05, 4.69) is 11.4 Å². The molecule has 0 spiro atoms. The monoisotopic (exact) mass is 557 g/mol. The first-order chi connectivity index (χ1) is 17.6. The van der Waals surface area contributed by atoms with Crippen molar-refractivity contribution in [2.45, 2.75) is 37.0 Å². The van der Waals surface area contributed by atoms with E-state index in [1.54, 1.807) is 24.3 Å². The molecule has 3 rings (SSSR count). The van der Waals surface area contributed by atoms with Gasteiger partial charge in [0.05, 0.1) is 17.9 Å². The Morgan fingerprint density at radius 1 is 1.13 bits per heavy atom. The molecular weight excluding hydrogens is 531 g/mol. The van der Waals surface area contributed by atoms with Crippen LogP contribution < -0.4 is 15.2 Å². The molecule has 0 unspecified atom stereocenters. The predicted molar refractivity (Wildman–Crippen MR) is 129 cm³/mol. The quantitative estimate of drug-likeness (QED) is 0.433. The number of ether oxygens (including phenoxy) is 1. The first-order valence-electron chi connectivity index (χ1n) is 11.1. The highest BCUT2D eigenvalue weighted by Gasteiger charge is 2.38. The van der Waals surface area contributed by atoms with Gasteiger partial charge in [-0.15, -0.1) is 0 Å². The van der Waals surface area contributed by atoms with Crippen LogP contribution in [0.15, 0.2) is 48.5 Å². The minimum atomic E-state index is -5.08. The molecule has 1 aliphatic heterocycles. The Labute approximate surface area is 217 Å². The zero-order chi connectivity index (χ0) is 28.6. The van der Waals surface area contributed by atoms with Crippen molar-refractivity contribution in [3.05, 3.63) is 54.1 Å². The number of nitrogens with zero attached hydrogens (tertiary/aromatic N) is 1. The zero-order valence-electron chi connectivity index (χ0n) is 20.2.